The lowest BCUT2D eigenvalue weighted by Gasteiger charge is -2.21. The number of ether oxygens (including phenoxy) is 1. The van der Waals surface area contributed by atoms with Crippen molar-refractivity contribution in [2.45, 2.75) is 39.3 Å². The van der Waals surface area contributed by atoms with Crippen LogP contribution in [0.25, 0.3) is 0 Å². The second-order valence-corrected chi connectivity index (χ2v) is 7.69. The van der Waals surface area contributed by atoms with E-state index in [9.17, 15) is 9.59 Å². The Morgan fingerprint density at radius 1 is 1.13 bits per heavy atom. The predicted octanol–water partition coefficient (Wildman–Crippen LogP) is 3.15. The van der Waals surface area contributed by atoms with Crippen LogP contribution in [0.15, 0.2) is 65.6 Å². The molecular weight excluding hydrogens is 390 g/mol. The summed E-state index contributed by atoms with van der Waals surface area (Å²) in [5.74, 6) is -0.368. The zero-order chi connectivity index (χ0) is 22.2. The number of hydrogen-bond acceptors (Lipinski definition) is 4. The summed E-state index contributed by atoms with van der Waals surface area (Å²) in [6.07, 6.45) is 3.03. The molecule has 1 N–H and O–H groups in total. The molecule has 31 heavy (non-hydrogen) atoms. The average Bonchev–Trinajstić information content (AvgIpc) is 2.75. The molecule has 0 saturated heterocycles. The smallest absolute Gasteiger partial charge is 0.257 e. The zero-order valence-electron chi connectivity index (χ0n) is 18.3. The summed E-state index contributed by atoms with van der Waals surface area (Å²) in [7, 11) is 1.58. The van der Waals surface area contributed by atoms with Gasteiger partial charge in [0.1, 0.15) is 5.56 Å². The van der Waals surface area contributed by atoms with Crippen LogP contribution in [0, 0.1) is 6.92 Å². The van der Waals surface area contributed by atoms with Crippen LogP contribution in [-0.4, -0.2) is 35.2 Å². The van der Waals surface area contributed by atoms with Crippen LogP contribution in [0.4, 0.5) is 0 Å². The minimum absolute atomic E-state index is 0.195. The Morgan fingerprint density at radius 2 is 1.87 bits per heavy atom. The summed E-state index contributed by atoms with van der Waals surface area (Å²) in [4.78, 5) is 30.5. The van der Waals surface area contributed by atoms with Gasteiger partial charge in [0.05, 0.1) is 18.8 Å². The lowest BCUT2D eigenvalue weighted by atomic mass is 10.0. The molecule has 0 unspecified atom stereocenters. The number of pyridine rings is 2. The molecule has 0 radical (unpaired) electrons. The lowest BCUT2D eigenvalue weighted by molar-refractivity contribution is 0.0902. The highest BCUT2D eigenvalue weighted by Crippen LogP contribution is 2.15. The third-order valence-electron chi connectivity index (χ3n) is 5.19. The molecule has 0 saturated carbocycles. The standard InChI is InChI=1S/C25H29N3O3/c1-18(17-31-3)27-25(30)24-22(13-12-20-9-5-4-6-10-20)28(19(2)15-23(24)29)16-21-11-7-8-14-26-21/h4-11,14-15,18H,12-13,16-17H2,1-3H3,(H,27,30)/t18-/m1/s1. The molecule has 2 heterocycles. The van der Waals surface area contributed by atoms with E-state index in [2.05, 4.69) is 22.4 Å². The van der Waals surface area contributed by atoms with Gasteiger partial charge in [-0.05, 0) is 44.4 Å². The SMILES string of the molecule is COC[C@@H](C)NC(=O)c1c(CCc2ccccc2)n(Cc2ccccn2)c(C)cc1=O. The maximum Gasteiger partial charge on any atom is 0.257 e. The zero-order valence-corrected chi connectivity index (χ0v) is 18.3. The van der Waals surface area contributed by atoms with Crippen LogP contribution in [0.2, 0.25) is 0 Å². The van der Waals surface area contributed by atoms with Gasteiger partial charge in [-0.2, -0.15) is 0 Å². The first-order chi connectivity index (χ1) is 15.0. The molecule has 3 aromatic rings. The van der Waals surface area contributed by atoms with Gasteiger partial charge in [0, 0.05) is 36.8 Å². The molecule has 1 aromatic carbocycles. The van der Waals surface area contributed by atoms with E-state index in [-0.39, 0.29) is 22.9 Å². The van der Waals surface area contributed by atoms with Gasteiger partial charge in [-0.1, -0.05) is 36.4 Å². The summed E-state index contributed by atoms with van der Waals surface area (Å²) in [5.41, 5.74) is 3.48. The quantitative estimate of drug-likeness (QED) is 0.578. The molecule has 3 rings (SSSR count). The summed E-state index contributed by atoms with van der Waals surface area (Å²) in [6.45, 7) is 4.61. The van der Waals surface area contributed by atoms with Crippen molar-refractivity contribution in [1.29, 1.82) is 0 Å². The number of nitrogens with one attached hydrogen (secondary N) is 1. The molecule has 0 aliphatic heterocycles. The van der Waals surface area contributed by atoms with E-state index in [1.807, 2.05) is 54.8 Å². The fourth-order valence-electron chi connectivity index (χ4n) is 3.70. The van der Waals surface area contributed by atoms with Crippen molar-refractivity contribution in [2.75, 3.05) is 13.7 Å². The molecule has 2 aromatic heterocycles. The van der Waals surface area contributed by atoms with Crippen LogP contribution in [-0.2, 0) is 24.1 Å². The van der Waals surface area contributed by atoms with Crippen molar-refractivity contribution < 1.29 is 9.53 Å². The van der Waals surface area contributed by atoms with Gasteiger partial charge in [0.15, 0.2) is 5.43 Å². The fourth-order valence-corrected chi connectivity index (χ4v) is 3.70. The molecule has 0 spiro atoms. The summed E-state index contributed by atoms with van der Waals surface area (Å²) in [5, 5.41) is 2.89. The van der Waals surface area contributed by atoms with Crippen LogP contribution >= 0.6 is 0 Å². The van der Waals surface area contributed by atoms with Crippen molar-refractivity contribution in [2.24, 2.45) is 0 Å². The molecule has 6 heteroatoms. The van der Waals surface area contributed by atoms with Crippen LogP contribution in [0.1, 0.15) is 39.9 Å². The fraction of sp³-hybridized carbons (Fsp3) is 0.320. The van der Waals surface area contributed by atoms with E-state index < -0.39 is 0 Å². The lowest BCUT2D eigenvalue weighted by Crippen LogP contribution is -2.39. The van der Waals surface area contributed by atoms with Gasteiger partial charge < -0.3 is 14.6 Å². The molecule has 0 aliphatic rings. The summed E-state index contributed by atoms with van der Waals surface area (Å²) < 4.78 is 7.15. The molecular formula is C25H29N3O3. The Hall–Kier alpha value is -3.25. The number of nitrogens with zero attached hydrogens (tertiary/aromatic N) is 2. The molecule has 0 aliphatic carbocycles. The Morgan fingerprint density at radius 3 is 2.55 bits per heavy atom. The topological polar surface area (TPSA) is 73.2 Å². The normalized spacial score (nSPS) is 11.8. The average molecular weight is 420 g/mol. The minimum Gasteiger partial charge on any atom is -0.383 e. The number of benzene rings is 1. The first-order valence-electron chi connectivity index (χ1n) is 10.5. The van der Waals surface area contributed by atoms with E-state index in [1.165, 1.54) is 6.07 Å². The Kier molecular flexibility index (Phi) is 7.73. The largest absolute Gasteiger partial charge is 0.383 e. The Labute approximate surface area is 182 Å². The number of aryl methyl sites for hydroxylation is 2. The maximum atomic E-state index is 13.1. The Balaban J connectivity index is 2.03. The molecule has 6 nitrogen and oxygen atoms in total. The van der Waals surface area contributed by atoms with Crippen molar-refractivity contribution in [3.8, 4) is 0 Å². The van der Waals surface area contributed by atoms with E-state index in [0.717, 1.165) is 29.1 Å². The van der Waals surface area contributed by atoms with Gasteiger partial charge >= 0.3 is 0 Å². The van der Waals surface area contributed by atoms with Crippen molar-refractivity contribution in [3.63, 3.8) is 0 Å². The number of aromatic nitrogens is 2. The van der Waals surface area contributed by atoms with Crippen molar-refractivity contribution >= 4 is 5.91 Å². The van der Waals surface area contributed by atoms with Gasteiger partial charge in [0.25, 0.3) is 5.91 Å². The molecule has 1 atom stereocenters. The van der Waals surface area contributed by atoms with Crippen molar-refractivity contribution in [1.82, 2.24) is 14.9 Å². The van der Waals surface area contributed by atoms with Gasteiger partial charge in [-0.15, -0.1) is 0 Å². The van der Waals surface area contributed by atoms with E-state index in [4.69, 9.17) is 4.74 Å². The van der Waals surface area contributed by atoms with Gasteiger partial charge in [-0.25, -0.2) is 0 Å². The van der Waals surface area contributed by atoms with Gasteiger partial charge in [0.2, 0.25) is 0 Å². The number of rotatable bonds is 9. The second kappa shape index (κ2) is 10.7. The van der Waals surface area contributed by atoms with E-state index in [0.29, 0.717) is 19.6 Å². The van der Waals surface area contributed by atoms with Crippen LogP contribution < -0.4 is 10.7 Å². The predicted molar refractivity (Wildman–Crippen MR) is 121 cm³/mol. The highest BCUT2D eigenvalue weighted by Gasteiger charge is 2.22. The van der Waals surface area contributed by atoms with E-state index in [1.54, 1.807) is 13.3 Å². The number of carbonyl (C=O) groups is 1. The molecule has 1 amide bonds. The number of hydrogen-bond donors (Lipinski definition) is 1. The number of carbonyl (C=O) groups excluding carboxylic acids is 1. The van der Waals surface area contributed by atoms with Gasteiger partial charge in [-0.3, -0.25) is 14.6 Å². The summed E-state index contributed by atoms with van der Waals surface area (Å²) in [6, 6.07) is 17.1. The maximum absolute atomic E-state index is 13.1. The second-order valence-electron chi connectivity index (χ2n) is 7.69. The highest BCUT2D eigenvalue weighted by molar-refractivity contribution is 5.95. The third kappa shape index (κ3) is 5.89. The first kappa shape index (κ1) is 22.4. The van der Waals surface area contributed by atoms with Crippen LogP contribution in [0.3, 0.4) is 0 Å². The van der Waals surface area contributed by atoms with Crippen LogP contribution in [0.5, 0.6) is 0 Å². The monoisotopic (exact) mass is 419 g/mol. The molecule has 0 fully saturated rings. The number of methoxy groups -OCH3 is 1. The molecule has 162 valence electrons. The van der Waals surface area contributed by atoms with Crippen molar-refractivity contribution in [3.05, 3.63) is 99.2 Å². The molecule has 0 bridgehead atoms. The summed E-state index contributed by atoms with van der Waals surface area (Å²) >= 11 is 0. The number of amides is 1. The first-order valence-corrected chi connectivity index (χ1v) is 10.5. The highest BCUT2D eigenvalue weighted by atomic mass is 16.5. The third-order valence-corrected chi connectivity index (χ3v) is 5.19. The Bertz CT molecular complexity index is 1060. The minimum atomic E-state index is -0.368. The van der Waals surface area contributed by atoms with E-state index >= 15 is 0 Å².